The van der Waals surface area contributed by atoms with Crippen molar-refractivity contribution in [2.45, 2.75) is 11.8 Å². The summed E-state index contributed by atoms with van der Waals surface area (Å²) >= 11 is -0.404. The molecule has 0 aromatic heterocycles. The Morgan fingerprint density at radius 2 is 1.62 bits per heavy atom. The van der Waals surface area contributed by atoms with E-state index < -0.39 is 30.8 Å². The van der Waals surface area contributed by atoms with Crippen LogP contribution in [0.3, 0.4) is 0 Å². The molecule has 5 nitrogen and oxygen atoms in total. The Morgan fingerprint density at radius 3 is 2.15 bits per heavy atom. The van der Waals surface area contributed by atoms with Gasteiger partial charge in [0.25, 0.3) is 0 Å². The third-order valence-electron chi connectivity index (χ3n) is 3.48. The molecule has 0 saturated heterocycles. The molecule has 7 heteroatoms. The number of esters is 1. The molecule has 0 bridgehead atoms. The van der Waals surface area contributed by atoms with Gasteiger partial charge < -0.3 is 0 Å². The van der Waals surface area contributed by atoms with Crippen molar-refractivity contribution in [2.24, 2.45) is 0 Å². The number of hydrogen-bond acceptors (Lipinski definition) is 5. The quantitative estimate of drug-likeness (QED) is 0.374. The van der Waals surface area contributed by atoms with E-state index in [0.29, 0.717) is 4.47 Å². The van der Waals surface area contributed by atoms with Gasteiger partial charge in [0.05, 0.1) is 0 Å². The number of ether oxygens (including phenoxy) is 2. The molecule has 2 aromatic rings. The fraction of sp³-hybridized carbons (Fsp3) is 0.211. The Bertz CT molecular complexity index is 887. The summed E-state index contributed by atoms with van der Waals surface area (Å²) in [5.74, 6) is -0.879. The van der Waals surface area contributed by atoms with Crippen molar-refractivity contribution >= 4 is 35.2 Å². The zero-order valence-corrected chi connectivity index (χ0v) is 17.3. The minimum absolute atomic E-state index is 0.0322. The van der Waals surface area contributed by atoms with E-state index in [1.807, 2.05) is 37.3 Å². The molecular weight excluding hydrogens is 419 g/mol. The zero-order valence-electron chi connectivity index (χ0n) is 14.8. The van der Waals surface area contributed by atoms with Gasteiger partial charge in [0.2, 0.25) is 0 Å². The number of benzene rings is 2. The van der Waals surface area contributed by atoms with Crippen LogP contribution in [0, 0.1) is 6.92 Å². The van der Waals surface area contributed by atoms with E-state index >= 15 is 0 Å². The molecule has 0 atom stereocenters. The number of carbonyl (C=O) groups is 1. The van der Waals surface area contributed by atoms with Crippen molar-refractivity contribution in [1.29, 1.82) is 0 Å². The van der Waals surface area contributed by atoms with E-state index in [2.05, 4.69) is 0 Å². The Balaban J connectivity index is 2.62. The molecule has 138 valence electrons. The molecular formula is C19H20O5SSe. The molecule has 0 saturated carbocycles. The third-order valence-corrected chi connectivity index (χ3v) is 7.88. The van der Waals surface area contributed by atoms with Crippen LogP contribution in [0.1, 0.15) is 5.56 Å². The van der Waals surface area contributed by atoms with Gasteiger partial charge in [-0.3, -0.25) is 0 Å². The Kier molecular flexibility index (Phi) is 7.17. The van der Waals surface area contributed by atoms with Crippen LogP contribution < -0.4 is 4.46 Å². The topological polar surface area (TPSA) is 69.7 Å². The number of rotatable bonds is 7. The van der Waals surface area contributed by atoms with E-state index in [-0.39, 0.29) is 16.4 Å². The number of sulfone groups is 1. The normalized spacial score (nSPS) is 12.4. The summed E-state index contributed by atoms with van der Waals surface area (Å²) in [4.78, 5) is 12.1. The maximum absolute atomic E-state index is 13.1. The van der Waals surface area contributed by atoms with Crippen LogP contribution in [0.4, 0.5) is 0 Å². The summed E-state index contributed by atoms with van der Waals surface area (Å²) in [6, 6.07) is 15.8. The van der Waals surface area contributed by atoms with Gasteiger partial charge in [-0.2, -0.15) is 0 Å². The second kappa shape index (κ2) is 9.14. The molecule has 0 unspecified atom stereocenters. The zero-order chi connectivity index (χ0) is 19.2. The SMILES string of the molecule is COC/C([Se]c1ccccc1)=C(/C(=O)OC)S(=O)(=O)c1ccc(C)cc1. The van der Waals surface area contributed by atoms with Crippen molar-refractivity contribution in [3.05, 3.63) is 69.5 Å². The van der Waals surface area contributed by atoms with Crippen molar-refractivity contribution in [2.75, 3.05) is 20.8 Å². The molecule has 0 radical (unpaired) electrons. The van der Waals surface area contributed by atoms with E-state index in [4.69, 9.17) is 9.47 Å². The Hall–Kier alpha value is -1.92. The van der Waals surface area contributed by atoms with Crippen LogP contribution >= 0.6 is 0 Å². The van der Waals surface area contributed by atoms with Gasteiger partial charge in [-0.05, 0) is 0 Å². The summed E-state index contributed by atoms with van der Waals surface area (Å²) in [6.45, 7) is 1.90. The second-order valence-electron chi connectivity index (χ2n) is 5.41. The molecule has 0 N–H and O–H groups in total. The summed E-state index contributed by atoms with van der Waals surface area (Å²) in [7, 11) is -1.39. The molecule has 2 rings (SSSR count). The summed E-state index contributed by atoms with van der Waals surface area (Å²) in [5, 5.41) is 0. The fourth-order valence-corrected chi connectivity index (χ4v) is 6.46. The van der Waals surface area contributed by atoms with Crippen molar-refractivity contribution < 1.29 is 22.7 Å². The Labute approximate surface area is 160 Å². The van der Waals surface area contributed by atoms with Gasteiger partial charge >= 0.3 is 160 Å². The number of methoxy groups -OCH3 is 2. The van der Waals surface area contributed by atoms with Crippen LogP contribution in [-0.2, 0) is 24.1 Å². The average molecular weight is 439 g/mol. The van der Waals surface area contributed by atoms with Crippen LogP contribution in [0.15, 0.2) is 68.9 Å². The molecule has 0 aliphatic heterocycles. The third kappa shape index (κ3) is 4.83. The first-order chi connectivity index (χ1) is 12.4. The van der Waals surface area contributed by atoms with Gasteiger partial charge in [0, 0.05) is 0 Å². The van der Waals surface area contributed by atoms with E-state index in [1.165, 1.54) is 26.4 Å². The number of carbonyl (C=O) groups excluding carboxylic acids is 1. The number of aryl methyl sites for hydroxylation is 1. The van der Waals surface area contributed by atoms with Gasteiger partial charge in [-0.1, -0.05) is 0 Å². The standard InChI is InChI=1S/C19H20O5SSe/c1-14-9-11-15(12-10-14)25(21,22)18(19(20)24-3)17(13-23-2)26-16-7-5-4-6-8-16/h4-12H,13H2,1-3H3/b18-17+. The van der Waals surface area contributed by atoms with Gasteiger partial charge in [0.1, 0.15) is 0 Å². The molecule has 26 heavy (non-hydrogen) atoms. The minimum atomic E-state index is -4.03. The van der Waals surface area contributed by atoms with Gasteiger partial charge in [-0.15, -0.1) is 0 Å². The van der Waals surface area contributed by atoms with E-state index in [1.54, 1.807) is 12.1 Å². The predicted octanol–water partition coefficient (Wildman–Crippen LogP) is 1.83. The number of hydrogen-bond donors (Lipinski definition) is 0. The summed E-state index contributed by atoms with van der Waals surface area (Å²) < 4.78 is 37.6. The van der Waals surface area contributed by atoms with Crippen molar-refractivity contribution in [3.8, 4) is 0 Å². The first-order valence-electron chi connectivity index (χ1n) is 7.75. The summed E-state index contributed by atoms with van der Waals surface area (Å²) in [6.07, 6.45) is 0. The molecule has 0 aliphatic rings. The predicted molar refractivity (Wildman–Crippen MR) is 101 cm³/mol. The van der Waals surface area contributed by atoms with Crippen LogP contribution in [-0.4, -0.2) is 50.2 Å². The first-order valence-corrected chi connectivity index (χ1v) is 10.9. The van der Waals surface area contributed by atoms with Crippen molar-refractivity contribution in [1.82, 2.24) is 0 Å². The molecule has 0 amide bonds. The van der Waals surface area contributed by atoms with Crippen molar-refractivity contribution in [3.63, 3.8) is 0 Å². The average Bonchev–Trinajstić information content (AvgIpc) is 2.63. The fourth-order valence-electron chi connectivity index (χ4n) is 2.20. The van der Waals surface area contributed by atoms with E-state index in [0.717, 1.165) is 10.0 Å². The molecule has 0 spiro atoms. The van der Waals surface area contributed by atoms with E-state index in [9.17, 15) is 13.2 Å². The monoisotopic (exact) mass is 440 g/mol. The van der Waals surface area contributed by atoms with Gasteiger partial charge in [0.15, 0.2) is 0 Å². The van der Waals surface area contributed by atoms with Crippen LogP contribution in [0.5, 0.6) is 0 Å². The maximum atomic E-state index is 13.1. The first kappa shape index (κ1) is 20.4. The molecule has 0 fully saturated rings. The molecule has 2 aromatic carbocycles. The molecule has 0 aliphatic carbocycles. The van der Waals surface area contributed by atoms with Gasteiger partial charge in [-0.25, -0.2) is 0 Å². The summed E-state index contributed by atoms with van der Waals surface area (Å²) in [5.41, 5.74) is 0.929. The second-order valence-corrected chi connectivity index (χ2v) is 9.75. The van der Waals surface area contributed by atoms with Crippen LogP contribution in [0.2, 0.25) is 0 Å². The van der Waals surface area contributed by atoms with Crippen LogP contribution in [0.25, 0.3) is 0 Å². The molecule has 0 heterocycles. The Morgan fingerprint density at radius 1 is 1.00 bits per heavy atom.